The van der Waals surface area contributed by atoms with E-state index in [2.05, 4.69) is 0 Å². The first-order valence-electron chi connectivity index (χ1n) is 6.71. The van der Waals surface area contributed by atoms with Gasteiger partial charge in [-0.05, 0) is 54.4 Å². The van der Waals surface area contributed by atoms with Crippen molar-refractivity contribution < 1.29 is 19.4 Å². The lowest BCUT2D eigenvalue weighted by Crippen LogP contribution is -2.55. The monoisotopic (exact) mass is 271 g/mol. The highest BCUT2D eigenvalue weighted by atomic mass is 16.6. The summed E-state index contributed by atoms with van der Waals surface area (Å²) in [5, 5.41) is 9.31. The zero-order chi connectivity index (χ0) is 15.0. The van der Waals surface area contributed by atoms with Crippen molar-refractivity contribution in [1.82, 2.24) is 4.90 Å². The number of rotatable bonds is 1. The normalized spacial score (nSPS) is 32.0. The molecule has 1 rings (SSSR count). The average molecular weight is 271 g/mol. The van der Waals surface area contributed by atoms with Gasteiger partial charge in [-0.25, -0.2) is 4.79 Å². The summed E-state index contributed by atoms with van der Waals surface area (Å²) in [7, 11) is 0. The van der Waals surface area contributed by atoms with E-state index in [0.717, 1.165) is 0 Å². The highest BCUT2D eigenvalue weighted by molar-refractivity contribution is 5.75. The van der Waals surface area contributed by atoms with Gasteiger partial charge in [0.25, 0.3) is 0 Å². The third-order valence-electron chi connectivity index (χ3n) is 3.56. The molecule has 110 valence electrons. The molecule has 5 nitrogen and oxygen atoms in total. The van der Waals surface area contributed by atoms with E-state index in [9.17, 15) is 14.7 Å². The van der Waals surface area contributed by atoms with Gasteiger partial charge in [0.2, 0.25) is 0 Å². The highest BCUT2D eigenvalue weighted by Crippen LogP contribution is 2.38. The van der Waals surface area contributed by atoms with Crippen molar-refractivity contribution in [3.05, 3.63) is 0 Å². The molecule has 1 saturated heterocycles. The summed E-state index contributed by atoms with van der Waals surface area (Å²) in [4.78, 5) is 25.2. The van der Waals surface area contributed by atoms with Crippen molar-refractivity contribution in [2.45, 2.75) is 72.1 Å². The number of aliphatic carboxylic acids is 1. The second kappa shape index (κ2) is 5.02. The summed E-state index contributed by atoms with van der Waals surface area (Å²) >= 11 is 0. The lowest BCUT2D eigenvalue weighted by Gasteiger charge is -2.45. The molecular weight excluding hydrogens is 246 g/mol. The Bertz CT molecular complexity index is 360. The average Bonchev–Trinajstić information content (AvgIpc) is 2.11. The SMILES string of the molecule is CC1CC(C)(C(=O)O)CC(C)N1C(=O)OC(C)(C)C. The molecule has 5 heteroatoms. The fourth-order valence-corrected chi connectivity index (χ4v) is 2.87. The smallest absolute Gasteiger partial charge is 0.410 e. The number of carboxylic acids is 1. The van der Waals surface area contributed by atoms with Crippen molar-refractivity contribution in [1.29, 1.82) is 0 Å². The number of nitrogens with zero attached hydrogens (tertiary/aromatic N) is 1. The maximum atomic E-state index is 12.2. The first-order valence-corrected chi connectivity index (χ1v) is 6.71. The lowest BCUT2D eigenvalue weighted by atomic mass is 9.74. The Hall–Kier alpha value is -1.26. The van der Waals surface area contributed by atoms with Gasteiger partial charge < -0.3 is 14.7 Å². The van der Waals surface area contributed by atoms with E-state index in [4.69, 9.17) is 4.74 Å². The summed E-state index contributed by atoms with van der Waals surface area (Å²) < 4.78 is 5.39. The summed E-state index contributed by atoms with van der Waals surface area (Å²) in [5.74, 6) is -0.796. The molecule has 2 unspecified atom stereocenters. The van der Waals surface area contributed by atoms with Crippen LogP contribution in [0.1, 0.15) is 54.4 Å². The van der Waals surface area contributed by atoms with Gasteiger partial charge in [-0.1, -0.05) is 0 Å². The van der Waals surface area contributed by atoms with Gasteiger partial charge >= 0.3 is 12.1 Å². The van der Waals surface area contributed by atoms with E-state index in [1.54, 1.807) is 11.8 Å². The van der Waals surface area contributed by atoms with Crippen LogP contribution in [-0.2, 0) is 9.53 Å². The van der Waals surface area contributed by atoms with Gasteiger partial charge in [0.1, 0.15) is 5.60 Å². The number of carbonyl (C=O) groups excluding carboxylic acids is 1. The minimum atomic E-state index is -0.796. The molecule has 0 spiro atoms. The molecule has 1 fully saturated rings. The number of carbonyl (C=O) groups is 2. The topological polar surface area (TPSA) is 66.8 Å². The van der Waals surface area contributed by atoms with Gasteiger partial charge in [0, 0.05) is 12.1 Å². The Morgan fingerprint density at radius 3 is 1.95 bits per heavy atom. The standard InChI is InChI=1S/C14H25NO4/c1-9-7-14(6,11(16)17)8-10(2)15(9)12(18)19-13(3,4)5/h9-10H,7-8H2,1-6H3,(H,16,17). The number of ether oxygens (including phenoxy) is 1. The van der Waals surface area contributed by atoms with Gasteiger partial charge in [-0.3, -0.25) is 4.79 Å². The molecule has 19 heavy (non-hydrogen) atoms. The van der Waals surface area contributed by atoms with Gasteiger partial charge in [0.05, 0.1) is 5.41 Å². The number of carboxylic acid groups (broad SMARTS) is 1. The molecule has 0 saturated carbocycles. The van der Waals surface area contributed by atoms with E-state index in [1.165, 1.54) is 0 Å². The van der Waals surface area contributed by atoms with Crippen LogP contribution in [0.5, 0.6) is 0 Å². The Balaban J connectivity index is 2.84. The zero-order valence-corrected chi connectivity index (χ0v) is 12.7. The summed E-state index contributed by atoms with van der Waals surface area (Å²) in [6.45, 7) is 11.0. The Morgan fingerprint density at radius 1 is 1.21 bits per heavy atom. The largest absolute Gasteiger partial charge is 0.481 e. The number of amides is 1. The Kier molecular flexibility index (Phi) is 4.17. The van der Waals surface area contributed by atoms with Crippen LogP contribution in [-0.4, -0.2) is 39.8 Å². The first-order chi connectivity index (χ1) is 8.46. The minimum absolute atomic E-state index is 0.139. The zero-order valence-electron chi connectivity index (χ0n) is 12.7. The van der Waals surface area contributed by atoms with Crippen LogP contribution < -0.4 is 0 Å². The van der Waals surface area contributed by atoms with Crippen molar-refractivity contribution in [2.24, 2.45) is 5.41 Å². The van der Waals surface area contributed by atoms with Crippen LogP contribution >= 0.6 is 0 Å². The second-order valence-corrected chi connectivity index (χ2v) is 6.86. The number of piperidine rings is 1. The van der Waals surface area contributed by atoms with Crippen LogP contribution in [0.25, 0.3) is 0 Å². The summed E-state index contributed by atoms with van der Waals surface area (Å²) in [6, 6.07) is -0.278. The minimum Gasteiger partial charge on any atom is -0.481 e. The fourth-order valence-electron chi connectivity index (χ4n) is 2.87. The van der Waals surface area contributed by atoms with Gasteiger partial charge in [-0.15, -0.1) is 0 Å². The molecule has 0 aliphatic carbocycles. The van der Waals surface area contributed by atoms with Gasteiger partial charge in [-0.2, -0.15) is 0 Å². The van der Waals surface area contributed by atoms with Crippen LogP contribution in [0.3, 0.4) is 0 Å². The van der Waals surface area contributed by atoms with Crippen LogP contribution in [0, 0.1) is 5.41 Å². The molecular formula is C14H25NO4. The van der Waals surface area contributed by atoms with Crippen LogP contribution in [0.2, 0.25) is 0 Å². The van der Waals surface area contributed by atoms with Crippen LogP contribution in [0.4, 0.5) is 4.79 Å². The molecule has 1 heterocycles. The molecule has 0 aromatic rings. The predicted octanol–water partition coefficient (Wildman–Crippen LogP) is 2.89. The molecule has 0 aromatic heterocycles. The maximum absolute atomic E-state index is 12.2. The molecule has 1 aliphatic rings. The highest BCUT2D eigenvalue weighted by Gasteiger charge is 2.46. The number of hydrogen-bond donors (Lipinski definition) is 1. The summed E-state index contributed by atoms with van der Waals surface area (Å²) in [5.41, 5.74) is -1.30. The Morgan fingerprint density at radius 2 is 1.63 bits per heavy atom. The molecule has 1 N–H and O–H groups in total. The molecule has 0 aromatic carbocycles. The molecule has 0 radical (unpaired) electrons. The second-order valence-electron chi connectivity index (χ2n) is 6.86. The third kappa shape index (κ3) is 3.61. The van der Waals surface area contributed by atoms with Crippen molar-refractivity contribution >= 4 is 12.1 Å². The van der Waals surface area contributed by atoms with E-state index in [0.29, 0.717) is 12.8 Å². The first kappa shape index (κ1) is 15.8. The lowest BCUT2D eigenvalue weighted by molar-refractivity contribution is -0.153. The maximum Gasteiger partial charge on any atom is 0.410 e. The molecule has 0 bridgehead atoms. The van der Waals surface area contributed by atoms with Crippen molar-refractivity contribution in [3.63, 3.8) is 0 Å². The molecule has 2 atom stereocenters. The van der Waals surface area contributed by atoms with E-state index in [1.807, 2.05) is 34.6 Å². The number of hydrogen-bond acceptors (Lipinski definition) is 3. The van der Waals surface area contributed by atoms with E-state index < -0.39 is 17.0 Å². The third-order valence-corrected chi connectivity index (χ3v) is 3.56. The molecule has 1 amide bonds. The summed E-state index contributed by atoms with van der Waals surface area (Å²) in [6.07, 6.45) is 0.539. The molecule has 1 aliphatic heterocycles. The van der Waals surface area contributed by atoms with Crippen LogP contribution in [0.15, 0.2) is 0 Å². The van der Waals surface area contributed by atoms with Crippen molar-refractivity contribution in [3.8, 4) is 0 Å². The predicted molar refractivity (Wildman–Crippen MR) is 72.0 cm³/mol. The quantitative estimate of drug-likeness (QED) is 0.796. The van der Waals surface area contributed by atoms with E-state index in [-0.39, 0.29) is 18.2 Å². The fraction of sp³-hybridized carbons (Fsp3) is 0.857. The Labute approximate surface area is 114 Å². The van der Waals surface area contributed by atoms with E-state index >= 15 is 0 Å². The van der Waals surface area contributed by atoms with Crippen molar-refractivity contribution in [2.75, 3.05) is 0 Å². The van der Waals surface area contributed by atoms with Gasteiger partial charge in [0.15, 0.2) is 0 Å². The number of likely N-dealkylation sites (tertiary alicyclic amines) is 1.